The molecule has 0 radical (unpaired) electrons. The number of likely N-dealkylation sites (tertiary alicyclic amines) is 1. The third-order valence-corrected chi connectivity index (χ3v) is 8.03. The van der Waals surface area contributed by atoms with Gasteiger partial charge in [-0.2, -0.15) is 0 Å². The Morgan fingerprint density at radius 3 is 2.32 bits per heavy atom. The summed E-state index contributed by atoms with van der Waals surface area (Å²) in [4.78, 5) is 38.4. The van der Waals surface area contributed by atoms with Gasteiger partial charge in [-0.15, -0.1) is 0 Å². The van der Waals surface area contributed by atoms with Crippen molar-refractivity contribution in [2.75, 3.05) is 19.6 Å². The third kappa shape index (κ3) is 5.07. The number of piperidine rings is 1. The summed E-state index contributed by atoms with van der Waals surface area (Å²) < 4.78 is 0. The normalized spacial score (nSPS) is 16.3. The van der Waals surface area contributed by atoms with E-state index in [1.165, 1.54) is 11.1 Å². The van der Waals surface area contributed by atoms with Gasteiger partial charge in [-0.25, -0.2) is 4.98 Å². The first-order valence-corrected chi connectivity index (χ1v) is 13.5. The highest BCUT2D eigenvalue weighted by atomic mass is 16.2. The van der Waals surface area contributed by atoms with Crippen LogP contribution in [0.4, 0.5) is 0 Å². The van der Waals surface area contributed by atoms with E-state index in [2.05, 4.69) is 49.2 Å². The number of rotatable bonds is 4. The van der Waals surface area contributed by atoms with Crippen LogP contribution < -0.4 is 0 Å². The van der Waals surface area contributed by atoms with Gasteiger partial charge >= 0.3 is 0 Å². The molecule has 5 rings (SSSR count). The molecule has 0 unspecified atom stereocenters. The van der Waals surface area contributed by atoms with Crippen molar-refractivity contribution in [3.05, 3.63) is 75.6 Å². The van der Waals surface area contributed by atoms with Gasteiger partial charge in [0.25, 0.3) is 5.91 Å². The Hall–Kier alpha value is -3.41. The predicted molar refractivity (Wildman–Crippen MR) is 147 cm³/mol. The van der Waals surface area contributed by atoms with Gasteiger partial charge in [-0.05, 0) is 62.3 Å². The highest BCUT2D eigenvalue weighted by Crippen LogP contribution is 2.31. The fourth-order valence-electron chi connectivity index (χ4n) is 5.74. The summed E-state index contributed by atoms with van der Waals surface area (Å²) in [5, 5.41) is 0. The van der Waals surface area contributed by atoms with Crippen molar-refractivity contribution >= 4 is 11.8 Å². The van der Waals surface area contributed by atoms with Crippen molar-refractivity contribution in [1.29, 1.82) is 0 Å². The van der Waals surface area contributed by atoms with Crippen molar-refractivity contribution in [2.24, 2.45) is 5.92 Å². The van der Waals surface area contributed by atoms with Crippen LogP contribution in [0.15, 0.2) is 36.4 Å². The number of carbonyl (C=O) groups excluding carboxylic acids is 2. The number of aryl methyl sites for hydroxylation is 3. The van der Waals surface area contributed by atoms with Gasteiger partial charge < -0.3 is 14.8 Å². The number of hydrogen-bond acceptors (Lipinski definition) is 3. The average Bonchev–Trinajstić information content (AvgIpc) is 3.31. The molecule has 0 saturated carbocycles. The number of aromatic amines is 1. The molecular weight excluding hydrogens is 460 g/mol. The first-order valence-electron chi connectivity index (χ1n) is 13.5. The van der Waals surface area contributed by atoms with E-state index in [4.69, 9.17) is 4.98 Å². The SMILES string of the molecule is Cc1ccc(C2CCN(C(=O)c3cc(-c4nc5c([nH]4)CN(C(=O)C(C)C)CC5)c(C)cc3C)CC2)cc1. The Labute approximate surface area is 220 Å². The van der Waals surface area contributed by atoms with Crippen molar-refractivity contribution < 1.29 is 9.59 Å². The molecule has 6 heteroatoms. The second-order valence-corrected chi connectivity index (χ2v) is 11.1. The summed E-state index contributed by atoms with van der Waals surface area (Å²) in [6.45, 7) is 12.9. The van der Waals surface area contributed by atoms with E-state index >= 15 is 0 Å². The highest BCUT2D eigenvalue weighted by Gasteiger charge is 2.28. The number of carbonyl (C=O) groups is 2. The van der Waals surface area contributed by atoms with Gasteiger partial charge in [0.2, 0.25) is 5.91 Å². The highest BCUT2D eigenvalue weighted by molar-refractivity contribution is 5.97. The Balaban J connectivity index is 1.34. The van der Waals surface area contributed by atoms with Crippen LogP contribution in [-0.4, -0.2) is 51.2 Å². The molecule has 0 atom stereocenters. The lowest BCUT2D eigenvalue weighted by Gasteiger charge is -2.33. The predicted octanol–water partition coefficient (Wildman–Crippen LogP) is 5.56. The summed E-state index contributed by atoms with van der Waals surface area (Å²) >= 11 is 0. The van der Waals surface area contributed by atoms with Gasteiger partial charge in [0.15, 0.2) is 0 Å². The number of aromatic nitrogens is 2. The molecule has 0 spiro atoms. The largest absolute Gasteiger partial charge is 0.340 e. The molecular formula is C31H38N4O2. The fraction of sp³-hybridized carbons (Fsp3) is 0.452. The molecule has 1 N–H and O–H groups in total. The summed E-state index contributed by atoms with van der Waals surface area (Å²) in [7, 11) is 0. The van der Waals surface area contributed by atoms with Crippen LogP contribution >= 0.6 is 0 Å². The van der Waals surface area contributed by atoms with Crippen LogP contribution in [0.3, 0.4) is 0 Å². The van der Waals surface area contributed by atoms with Crippen LogP contribution in [0.25, 0.3) is 11.4 Å². The average molecular weight is 499 g/mol. The zero-order valence-electron chi connectivity index (χ0n) is 22.7. The number of nitrogens with one attached hydrogen (secondary N) is 1. The standard InChI is InChI=1S/C31H38N4O2/c1-19(2)30(36)35-15-12-27-28(18-35)33-29(32-27)25-17-26(22(5)16-21(25)4)31(37)34-13-10-24(11-14-34)23-8-6-20(3)7-9-23/h6-9,16-17,19,24H,10-15,18H2,1-5H3,(H,32,33). The van der Waals surface area contributed by atoms with Gasteiger partial charge in [0.1, 0.15) is 5.82 Å². The molecule has 2 aromatic carbocycles. The molecule has 0 bridgehead atoms. The zero-order valence-corrected chi connectivity index (χ0v) is 22.7. The van der Waals surface area contributed by atoms with E-state index < -0.39 is 0 Å². The van der Waals surface area contributed by atoms with Crippen LogP contribution in [0.2, 0.25) is 0 Å². The number of amides is 2. The number of hydrogen-bond donors (Lipinski definition) is 1. The maximum absolute atomic E-state index is 13.6. The first-order chi connectivity index (χ1) is 17.7. The van der Waals surface area contributed by atoms with E-state index in [1.54, 1.807) is 0 Å². The summed E-state index contributed by atoms with van der Waals surface area (Å²) in [6, 6.07) is 12.9. The Morgan fingerprint density at radius 1 is 0.946 bits per heavy atom. The maximum Gasteiger partial charge on any atom is 0.254 e. The summed E-state index contributed by atoms with van der Waals surface area (Å²) in [5.41, 5.74) is 8.48. The minimum absolute atomic E-state index is 0.0150. The monoisotopic (exact) mass is 498 g/mol. The first kappa shape index (κ1) is 25.2. The Bertz CT molecular complexity index is 1310. The molecule has 2 aliphatic rings. The molecule has 1 fully saturated rings. The van der Waals surface area contributed by atoms with E-state index in [0.29, 0.717) is 19.0 Å². The van der Waals surface area contributed by atoms with Gasteiger partial charge in [0.05, 0.1) is 17.9 Å². The molecule has 194 valence electrons. The van der Waals surface area contributed by atoms with Crippen molar-refractivity contribution in [3.63, 3.8) is 0 Å². The number of imidazole rings is 1. The molecule has 2 aliphatic heterocycles. The van der Waals surface area contributed by atoms with Gasteiger partial charge in [0, 0.05) is 43.1 Å². The van der Waals surface area contributed by atoms with E-state index in [-0.39, 0.29) is 17.7 Å². The molecule has 0 aliphatic carbocycles. The molecule has 3 heterocycles. The van der Waals surface area contributed by atoms with Crippen LogP contribution in [-0.2, 0) is 17.8 Å². The van der Waals surface area contributed by atoms with Crippen molar-refractivity contribution in [1.82, 2.24) is 19.8 Å². The Kier molecular flexibility index (Phi) is 6.93. The quantitative estimate of drug-likeness (QED) is 0.512. The third-order valence-electron chi connectivity index (χ3n) is 8.03. The Morgan fingerprint density at radius 2 is 1.65 bits per heavy atom. The van der Waals surface area contributed by atoms with Gasteiger partial charge in [-0.3, -0.25) is 9.59 Å². The number of benzene rings is 2. The maximum atomic E-state index is 13.6. The molecule has 37 heavy (non-hydrogen) atoms. The smallest absolute Gasteiger partial charge is 0.254 e. The van der Waals surface area contributed by atoms with Crippen LogP contribution in [0.1, 0.15) is 76.6 Å². The summed E-state index contributed by atoms with van der Waals surface area (Å²) in [6.07, 6.45) is 2.73. The van der Waals surface area contributed by atoms with Crippen molar-refractivity contribution in [3.8, 4) is 11.4 Å². The second-order valence-electron chi connectivity index (χ2n) is 11.1. The van der Waals surface area contributed by atoms with Gasteiger partial charge in [-0.1, -0.05) is 49.7 Å². The minimum atomic E-state index is -0.0150. The number of fused-ring (bicyclic) bond motifs is 1. The second kappa shape index (κ2) is 10.2. The van der Waals surface area contributed by atoms with E-state index in [1.807, 2.05) is 36.6 Å². The fourth-order valence-corrected chi connectivity index (χ4v) is 5.74. The lowest BCUT2D eigenvalue weighted by atomic mass is 9.88. The minimum Gasteiger partial charge on any atom is -0.340 e. The molecule has 1 aromatic heterocycles. The van der Waals surface area contributed by atoms with E-state index in [9.17, 15) is 9.59 Å². The lowest BCUT2D eigenvalue weighted by molar-refractivity contribution is -0.135. The molecule has 1 saturated heterocycles. The van der Waals surface area contributed by atoms with Crippen LogP contribution in [0, 0.1) is 26.7 Å². The number of H-pyrrole nitrogens is 1. The number of nitrogens with zero attached hydrogens (tertiary/aromatic N) is 3. The van der Waals surface area contributed by atoms with E-state index in [0.717, 1.165) is 71.8 Å². The molecule has 2 amide bonds. The molecule has 6 nitrogen and oxygen atoms in total. The molecule has 3 aromatic rings. The van der Waals surface area contributed by atoms with Crippen LogP contribution in [0.5, 0.6) is 0 Å². The zero-order chi connectivity index (χ0) is 26.3. The summed E-state index contributed by atoms with van der Waals surface area (Å²) in [5.74, 6) is 1.56. The lowest BCUT2D eigenvalue weighted by Crippen LogP contribution is -2.38. The van der Waals surface area contributed by atoms with Crippen molar-refractivity contribution in [2.45, 2.75) is 66.3 Å². The topological polar surface area (TPSA) is 69.3 Å².